The Morgan fingerprint density at radius 2 is 0.767 bits per heavy atom. The highest BCUT2D eigenvalue weighted by Crippen LogP contribution is 2.52. The van der Waals surface area contributed by atoms with E-state index in [0.29, 0.717) is 21.2 Å². The fourth-order valence-electron chi connectivity index (χ4n) is 3.34. The molecule has 4 rings (SSSR count). The number of hydrogen-bond donors (Lipinski definition) is 0. The molecular formula is C25H22O3P2. The van der Waals surface area contributed by atoms with Gasteiger partial charge in [0.1, 0.15) is 6.35 Å². The van der Waals surface area contributed by atoms with E-state index in [1.54, 1.807) is 24.3 Å². The second kappa shape index (κ2) is 8.98. The van der Waals surface area contributed by atoms with E-state index in [1.807, 2.05) is 97.1 Å². The molecule has 0 aromatic heterocycles. The van der Waals surface area contributed by atoms with Gasteiger partial charge in [0.15, 0.2) is 7.14 Å². The summed E-state index contributed by atoms with van der Waals surface area (Å²) in [5.41, 5.74) is 0. The molecule has 0 saturated carbocycles. The van der Waals surface area contributed by atoms with Gasteiger partial charge in [0.25, 0.3) is 7.37 Å². The van der Waals surface area contributed by atoms with Crippen LogP contribution in [0.15, 0.2) is 121 Å². The number of benzene rings is 4. The zero-order valence-electron chi connectivity index (χ0n) is 16.4. The smallest absolute Gasteiger partial charge is 0.261 e. The van der Waals surface area contributed by atoms with Crippen molar-refractivity contribution in [2.45, 2.75) is 0 Å². The first-order valence-electron chi connectivity index (χ1n) is 9.69. The van der Waals surface area contributed by atoms with Crippen molar-refractivity contribution in [1.82, 2.24) is 0 Å². The van der Waals surface area contributed by atoms with Crippen LogP contribution in [0.3, 0.4) is 0 Å². The molecule has 150 valence electrons. The zero-order valence-corrected chi connectivity index (χ0v) is 18.2. The van der Waals surface area contributed by atoms with E-state index in [0.717, 1.165) is 0 Å². The van der Waals surface area contributed by atoms with Gasteiger partial charge < -0.3 is 9.09 Å². The molecule has 30 heavy (non-hydrogen) atoms. The molecule has 0 aliphatic rings. The third-order valence-electron chi connectivity index (χ3n) is 4.96. The lowest BCUT2D eigenvalue weighted by Gasteiger charge is -2.24. The van der Waals surface area contributed by atoms with Crippen molar-refractivity contribution in [1.29, 1.82) is 0 Å². The van der Waals surface area contributed by atoms with Crippen LogP contribution in [0.1, 0.15) is 0 Å². The minimum Gasteiger partial charge on any atom is -0.313 e. The molecule has 0 N–H and O–H groups in total. The van der Waals surface area contributed by atoms with Gasteiger partial charge in [0.2, 0.25) is 0 Å². The molecule has 0 fully saturated rings. The number of rotatable bonds is 7. The molecule has 0 saturated heterocycles. The third-order valence-corrected chi connectivity index (χ3v) is 10.4. The fraction of sp³-hybridized carbons (Fsp3) is 0.0400. The Morgan fingerprint density at radius 1 is 0.467 bits per heavy atom. The van der Waals surface area contributed by atoms with E-state index in [2.05, 4.69) is 0 Å². The first-order chi connectivity index (χ1) is 14.6. The van der Waals surface area contributed by atoms with Crippen LogP contribution in [0.5, 0.6) is 0 Å². The molecule has 0 heterocycles. The molecule has 0 amide bonds. The van der Waals surface area contributed by atoms with E-state index in [4.69, 9.17) is 4.52 Å². The van der Waals surface area contributed by atoms with Crippen LogP contribution in [-0.4, -0.2) is 6.35 Å². The van der Waals surface area contributed by atoms with Crippen LogP contribution in [0.4, 0.5) is 0 Å². The summed E-state index contributed by atoms with van der Waals surface area (Å²) in [6.45, 7) is 0. The Labute approximate surface area is 177 Å². The second-order valence-corrected chi connectivity index (χ2v) is 12.1. The second-order valence-electron chi connectivity index (χ2n) is 6.89. The average molecular weight is 432 g/mol. The van der Waals surface area contributed by atoms with Crippen molar-refractivity contribution in [3.05, 3.63) is 121 Å². The Balaban J connectivity index is 1.78. The van der Waals surface area contributed by atoms with Crippen molar-refractivity contribution in [3.8, 4) is 0 Å². The molecular weight excluding hydrogens is 410 g/mol. The van der Waals surface area contributed by atoms with Crippen LogP contribution in [0.25, 0.3) is 0 Å². The van der Waals surface area contributed by atoms with Gasteiger partial charge in [0, 0.05) is 21.2 Å². The summed E-state index contributed by atoms with van der Waals surface area (Å²) in [4.78, 5) is 0. The van der Waals surface area contributed by atoms with Gasteiger partial charge >= 0.3 is 0 Å². The van der Waals surface area contributed by atoms with Crippen LogP contribution >= 0.6 is 14.5 Å². The highest BCUT2D eigenvalue weighted by molar-refractivity contribution is 7.80. The molecule has 4 aromatic rings. The summed E-state index contributed by atoms with van der Waals surface area (Å²) < 4.78 is 34.6. The molecule has 0 radical (unpaired) electrons. The van der Waals surface area contributed by atoms with Crippen molar-refractivity contribution in [2.24, 2.45) is 0 Å². The fourth-order valence-corrected chi connectivity index (χ4v) is 8.28. The molecule has 0 spiro atoms. The van der Waals surface area contributed by atoms with Gasteiger partial charge in [-0.3, -0.25) is 4.57 Å². The van der Waals surface area contributed by atoms with Gasteiger partial charge in [-0.25, -0.2) is 0 Å². The normalized spacial score (nSPS) is 11.9. The zero-order chi connectivity index (χ0) is 20.9. The summed E-state index contributed by atoms with van der Waals surface area (Å²) >= 11 is 0. The summed E-state index contributed by atoms with van der Waals surface area (Å²) in [5.74, 6) is 0. The summed E-state index contributed by atoms with van der Waals surface area (Å²) in [6.07, 6.45) is -0.151. The quantitative estimate of drug-likeness (QED) is 0.390. The predicted octanol–water partition coefficient (Wildman–Crippen LogP) is 4.90. The van der Waals surface area contributed by atoms with E-state index in [9.17, 15) is 9.13 Å². The number of hydrogen-bond acceptors (Lipinski definition) is 3. The molecule has 0 unspecified atom stereocenters. The third kappa shape index (κ3) is 4.11. The summed E-state index contributed by atoms with van der Waals surface area (Å²) in [5, 5.41) is 2.54. The van der Waals surface area contributed by atoms with Gasteiger partial charge in [0.05, 0.1) is 0 Å². The Bertz CT molecular complexity index is 994. The molecule has 0 bridgehead atoms. The van der Waals surface area contributed by atoms with Crippen molar-refractivity contribution in [2.75, 3.05) is 6.35 Å². The predicted molar refractivity (Wildman–Crippen MR) is 125 cm³/mol. The van der Waals surface area contributed by atoms with E-state index >= 15 is 0 Å². The topological polar surface area (TPSA) is 43.4 Å². The van der Waals surface area contributed by atoms with Gasteiger partial charge in [-0.05, 0) is 24.3 Å². The minimum absolute atomic E-state index is 0.151. The van der Waals surface area contributed by atoms with Crippen molar-refractivity contribution < 1.29 is 13.7 Å². The maximum Gasteiger partial charge on any atom is 0.261 e. The monoisotopic (exact) mass is 432 g/mol. The molecule has 4 aromatic carbocycles. The minimum atomic E-state index is -3.43. The van der Waals surface area contributed by atoms with Crippen LogP contribution in [0, 0.1) is 0 Å². The van der Waals surface area contributed by atoms with Crippen molar-refractivity contribution >= 4 is 35.7 Å². The lowest BCUT2D eigenvalue weighted by Crippen LogP contribution is -2.23. The van der Waals surface area contributed by atoms with E-state index in [-0.39, 0.29) is 6.35 Å². The molecule has 0 aliphatic heterocycles. The standard InChI is InChI=1S/C25H22O3P2/c26-29(22-13-5-1-6-14-22,23-15-7-2-8-16-23)21-28-30(27,24-17-9-3-10-18-24)25-19-11-4-12-20-25/h1-20H,21H2. The van der Waals surface area contributed by atoms with Crippen LogP contribution in [-0.2, 0) is 13.7 Å². The molecule has 5 heteroatoms. The maximum atomic E-state index is 14.3. The molecule has 0 atom stereocenters. The summed E-state index contributed by atoms with van der Waals surface area (Å²) in [7, 11) is -6.59. The van der Waals surface area contributed by atoms with E-state index in [1.165, 1.54) is 0 Å². The van der Waals surface area contributed by atoms with E-state index < -0.39 is 14.5 Å². The lowest BCUT2D eigenvalue weighted by molar-refractivity contribution is 0.383. The van der Waals surface area contributed by atoms with Crippen LogP contribution in [0.2, 0.25) is 0 Å². The molecule has 0 aliphatic carbocycles. The average Bonchev–Trinajstić information content (AvgIpc) is 2.84. The Hall–Kier alpha value is -2.70. The highest BCUT2D eigenvalue weighted by atomic mass is 31.2. The van der Waals surface area contributed by atoms with Gasteiger partial charge in [-0.2, -0.15) is 0 Å². The molecule has 3 nitrogen and oxygen atoms in total. The maximum absolute atomic E-state index is 14.3. The van der Waals surface area contributed by atoms with Gasteiger partial charge in [-0.15, -0.1) is 0 Å². The first kappa shape index (κ1) is 20.6. The van der Waals surface area contributed by atoms with Gasteiger partial charge in [-0.1, -0.05) is 97.1 Å². The lowest BCUT2D eigenvalue weighted by atomic mass is 10.4. The first-order valence-corrected chi connectivity index (χ1v) is 13.2. The SMILES string of the molecule is O=P(COP(=O)(c1ccccc1)c1ccccc1)(c1ccccc1)c1ccccc1. The Kier molecular flexibility index (Phi) is 6.16. The highest BCUT2D eigenvalue weighted by Gasteiger charge is 2.34. The van der Waals surface area contributed by atoms with Crippen molar-refractivity contribution in [3.63, 3.8) is 0 Å². The summed E-state index contributed by atoms with van der Waals surface area (Å²) in [6, 6.07) is 36.8. The van der Waals surface area contributed by atoms with Crippen LogP contribution < -0.4 is 21.2 Å². The largest absolute Gasteiger partial charge is 0.313 e. The Morgan fingerprint density at radius 3 is 1.10 bits per heavy atom.